The number of carbonyl (C=O) groups excluding carboxylic acids is 1. The molecule has 0 aliphatic carbocycles. The average Bonchev–Trinajstić information content (AvgIpc) is 2.29. The van der Waals surface area contributed by atoms with E-state index in [0.717, 1.165) is 0 Å². The Kier molecular flexibility index (Phi) is 5.94. The second kappa shape index (κ2) is 6.94. The lowest BCUT2D eigenvalue weighted by Gasteiger charge is -1.95. The number of nitrogens with two attached hydrogens (primary N) is 1. The van der Waals surface area contributed by atoms with Crippen molar-refractivity contribution < 1.29 is 29.0 Å². The second-order valence-corrected chi connectivity index (χ2v) is 2.81. The molecule has 0 radical (unpaired) electrons. The summed E-state index contributed by atoms with van der Waals surface area (Å²) in [6.45, 7) is -0.515. The normalized spacial score (nSPS) is 8.76. The maximum atomic E-state index is 11.9. The lowest BCUT2D eigenvalue weighted by molar-refractivity contribution is -0.159. The van der Waals surface area contributed by atoms with Crippen molar-refractivity contribution in [1.82, 2.24) is 0 Å². The number of carbonyl (C=O) groups is 3. The fourth-order valence-electron chi connectivity index (χ4n) is 0.758. The number of hydrogen-bond donors (Lipinski definition) is 3. The van der Waals surface area contributed by atoms with Crippen LogP contribution in [0.1, 0.15) is 15.9 Å². The molecule has 0 saturated carbocycles. The first-order valence-electron chi connectivity index (χ1n) is 4.29. The predicted molar refractivity (Wildman–Crippen MR) is 55.0 cm³/mol. The number of aliphatic carboxylic acids is 2. The first kappa shape index (κ1) is 14.6. The molecule has 17 heavy (non-hydrogen) atoms. The van der Waals surface area contributed by atoms with Crippen LogP contribution < -0.4 is 5.73 Å². The zero-order chi connectivity index (χ0) is 13.4. The maximum Gasteiger partial charge on any atom is 0.414 e. The largest absolute Gasteiger partial charge is 0.473 e. The molecule has 6 nitrogen and oxygen atoms in total. The van der Waals surface area contributed by atoms with E-state index < -0.39 is 24.5 Å². The Morgan fingerprint density at radius 3 is 1.71 bits per heavy atom. The summed E-state index contributed by atoms with van der Waals surface area (Å²) >= 11 is 0. The SMILES string of the molecule is NC(=O)c1ccc(CF)cc1.O=C(O)C(=O)O. The van der Waals surface area contributed by atoms with Crippen LogP contribution in [0.2, 0.25) is 0 Å². The van der Waals surface area contributed by atoms with Crippen molar-refractivity contribution >= 4 is 17.8 Å². The Balaban J connectivity index is 0.000000366. The van der Waals surface area contributed by atoms with Crippen molar-refractivity contribution in [3.63, 3.8) is 0 Å². The summed E-state index contributed by atoms with van der Waals surface area (Å²) in [5, 5.41) is 14.8. The molecule has 0 aromatic heterocycles. The monoisotopic (exact) mass is 243 g/mol. The molecular weight excluding hydrogens is 233 g/mol. The zero-order valence-corrected chi connectivity index (χ0v) is 8.59. The van der Waals surface area contributed by atoms with Crippen LogP contribution in [0.25, 0.3) is 0 Å². The zero-order valence-electron chi connectivity index (χ0n) is 8.59. The molecule has 92 valence electrons. The first-order chi connectivity index (χ1) is 7.88. The van der Waals surface area contributed by atoms with Crippen molar-refractivity contribution in [1.29, 1.82) is 0 Å². The number of rotatable bonds is 2. The number of amides is 1. The number of halogens is 1. The van der Waals surface area contributed by atoms with E-state index >= 15 is 0 Å². The van der Waals surface area contributed by atoms with Gasteiger partial charge in [0.15, 0.2) is 0 Å². The number of alkyl halides is 1. The van der Waals surface area contributed by atoms with E-state index in [0.29, 0.717) is 11.1 Å². The number of carboxylic acids is 2. The van der Waals surface area contributed by atoms with E-state index in [2.05, 4.69) is 0 Å². The van der Waals surface area contributed by atoms with Gasteiger partial charge >= 0.3 is 11.9 Å². The van der Waals surface area contributed by atoms with Crippen LogP contribution in [-0.4, -0.2) is 28.1 Å². The van der Waals surface area contributed by atoms with Crippen molar-refractivity contribution in [3.05, 3.63) is 35.4 Å². The Labute approximate surface area is 95.5 Å². The third kappa shape index (κ3) is 5.88. The summed E-state index contributed by atoms with van der Waals surface area (Å²) < 4.78 is 11.9. The molecule has 0 bridgehead atoms. The van der Waals surface area contributed by atoms with Crippen LogP contribution in [0.4, 0.5) is 4.39 Å². The molecular formula is C10H10FNO5. The third-order valence-electron chi connectivity index (χ3n) is 1.58. The smallest absolute Gasteiger partial charge is 0.414 e. The minimum absolute atomic E-state index is 0.405. The molecule has 0 heterocycles. The van der Waals surface area contributed by atoms with Gasteiger partial charge in [0.05, 0.1) is 0 Å². The van der Waals surface area contributed by atoms with E-state index in [1.807, 2.05) is 0 Å². The van der Waals surface area contributed by atoms with Crippen LogP contribution in [0.5, 0.6) is 0 Å². The molecule has 1 aromatic rings. The molecule has 4 N–H and O–H groups in total. The number of primary amides is 1. The Bertz CT molecular complexity index is 403. The highest BCUT2D eigenvalue weighted by Gasteiger charge is 2.04. The molecule has 0 atom stereocenters. The van der Waals surface area contributed by atoms with Gasteiger partial charge < -0.3 is 15.9 Å². The highest BCUT2D eigenvalue weighted by molar-refractivity contribution is 6.27. The van der Waals surface area contributed by atoms with Crippen LogP contribution in [-0.2, 0) is 16.3 Å². The van der Waals surface area contributed by atoms with Gasteiger partial charge in [-0.3, -0.25) is 4.79 Å². The van der Waals surface area contributed by atoms with Crippen LogP contribution in [0.15, 0.2) is 24.3 Å². The van der Waals surface area contributed by atoms with Crippen LogP contribution in [0.3, 0.4) is 0 Å². The molecule has 1 rings (SSSR count). The lowest BCUT2D eigenvalue weighted by atomic mass is 10.1. The summed E-state index contributed by atoms with van der Waals surface area (Å²) in [6, 6.07) is 6.11. The Hall–Kier alpha value is -2.44. The highest BCUT2D eigenvalue weighted by atomic mass is 19.1. The van der Waals surface area contributed by atoms with E-state index in [4.69, 9.17) is 25.5 Å². The quantitative estimate of drug-likeness (QED) is 0.650. The third-order valence-corrected chi connectivity index (χ3v) is 1.58. The number of hydrogen-bond acceptors (Lipinski definition) is 3. The summed E-state index contributed by atoms with van der Waals surface area (Å²) in [4.78, 5) is 28.7. The molecule has 0 saturated heterocycles. The molecule has 1 aromatic carbocycles. The molecule has 0 aliphatic heterocycles. The predicted octanol–water partition coefficient (Wildman–Crippen LogP) is 0.411. The van der Waals surface area contributed by atoms with Gasteiger partial charge in [-0.05, 0) is 17.7 Å². The van der Waals surface area contributed by atoms with Crippen LogP contribution >= 0.6 is 0 Å². The molecule has 7 heteroatoms. The van der Waals surface area contributed by atoms with Gasteiger partial charge in [-0.25, -0.2) is 14.0 Å². The Morgan fingerprint density at radius 1 is 1.06 bits per heavy atom. The van der Waals surface area contributed by atoms with Crippen molar-refractivity contribution in [2.45, 2.75) is 6.67 Å². The second-order valence-electron chi connectivity index (χ2n) is 2.81. The molecule has 0 spiro atoms. The van der Waals surface area contributed by atoms with E-state index in [-0.39, 0.29) is 0 Å². The van der Waals surface area contributed by atoms with E-state index in [9.17, 15) is 9.18 Å². The summed E-state index contributed by atoms with van der Waals surface area (Å²) in [5.41, 5.74) is 5.93. The van der Waals surface area contributed by atoms with Crippen molar-refractivity contribution in [2.75, 3.05) is 0 Å². The van der Waals surface area contributed by atoms with Crippen LogP contribution in [0, 0.1) is 0 Å². The summed E-state index contributed by atoms with van der Waals surface area (Å²) in [5.74, 6) is -4.14. The van der Waals surface area contributed by atoms with Gasteiger partial charge in [-0.2, -0.15) is 0 Å². The average molecular weight is 243 g/mol. The summed E-state index contributed by atoms with van der Waals surface area (Å²) in [7, 11) is 0. The van der Waals surface area contributed by atoms with E-state index in [1.165, 1.54) is 12.1 Å². The van der Waals surface area contributed by atoms with E-state index in [1.54, 1.807) is 12.1 Å². The Morgan fingerprint density at radius 2 is 1.47 bits per heavy atom. The summed E-state index contributed by atoms with van der Waals surface area (Å²) in [6.07, 6.45) is 0. The van der Waals surface area contributed by atoms with Gasteiger partial charge in [0.25, 0.3) is 0 Å². The fourth-order valence-corrected chi connectivity index (χ4v) is 0.758. The topological polar surface area (TPSA) is 118 Å². The van der Waals surface area contributed by atoms with Crippen molar-refractivity contribution in [2.24, 2.45) is 5.73 Å². The van der Waals surface area contributed by atoms with Gasteiger partial charge in [-0.15, -0.1) is 0 Å². The first-order valence-corrected chi connectivity index (χ1v) is 4.29. The lowest BCUT2D eigenvalue weighted by Crippen LogP contribution is -2.10. The molecule has 0 unspecified atom stereocenters. The molecule has 0 fully saturated rings. The molecule has 0 aliphatic rings. The standard InChI is InChI=1S/C8H8FNO.C2H2O4/c9-5-6-1-3-7(4-2-6)8(10)11;3-1(4)2(5)6/h1-4H,5H2,(H2,10,11);(H,3,4)(H,5,6). The number of carboxylic acid groups (broad SMARTS) is 2. The van der Waals surface area contributed by atoms with Gasteiger partial charge in [0.2, 0.25) is 5.91 Å². The van der Waals surface area contributed by atoms with Gasteiger partial charge in [0, 0.05) is 5.56 Å². The van der Waals surface area contributed by atoms with Gasteiger partial charge in [0.1, 0.15) is 6.67 Å². The minimum atomic E-state index is -1.82. The maximum absolute atomic E-state index is 11.9. The van der Waals surface area contributed by atoms with Gasteiger partial charge in [-0.1, -0.05) is 12.1 Å². The highest BCUT2D eigenvalue weighted by Crippen LogP contribution is 2.04. The fraction of sp³-hybridized carbons (Fsp3) is 0.100. The molecule has 1 amide bonds. The van der Waals surface area contributed by atoms with Crippen molar-refractivity contribution in [3.8, 4) is 0 Å². The number of benzene rings is 1. The minimum Gasteiger partial charge on any atom is -0.473 e.